The summed E-state index contributed by atoms with van der Waals surface area (Å²) < 4.78 is 30.4. The predicted octanol–water partition coefficient (Wildman–Crippen LogP) is 22.4. The van der Waals surface area contributed by atoms with Crippen LogP contribution in [0.5, 0.6) is 0 Å². The Morgan fingerprint density at radius 1 is 0.414 bits per heavy atom. The number of nitrogens with one attached hydrogen (secondary N) is 1. The maximum Gasteiger partial charge on any atom is 0.306 e. The number of quaternary nitrogens is 1. The lowest BCUT2D eigenvalue weighted by molar-refractivity contribution is -0.870. The highest BCUT2D eigenvalue weighted by Gasteiger charge is 2.27. The topological polar surface area (TPSA) is 114 Å². The lowest BCUT2D eigenvalue weighted by Gasteiger charge is -2.30. The summed E-state index contributed by atoms with van der Waals surface area (Å²) >= 11 is 0. The molecular formula is C77H135N2O7P. The second kappa shape index (κ2) is 65.4. The van der Waals surface area contributed by atoms with E-state index < -0.39 is 26.6 Å². The molecule has 0 aromatic carbocycles. The highest BCUT2D eigenvalue weighted by Crippen LogP contribution is 2.38. The Bertz CT molecular complexity index is 1900. The van der Waals surface area contributed by atoms with Crippen molar-refractivity contribution in [3.05, 3.63) is 122 Å². The Kier molecular flexibility index (Phi) is 62.7. The van der Waals surface area contributed by atoms with Gasteiger partial charge in [0.2, 0.25) is 5.91 Å². The van der Waals surface area contributed by atoms with Crippen molar-refractivity contribution >= 4 is 19.7 Å². The van der Waals surface area contributed by atoms with Crippen LogP contribution < -0.4 is 10.2 Å². The van der Waals surface area contributed by atoms with Gasteiger partial charge >= 0.3 is 5.97 Å². The summed E-state index contributed by atoms with van der Waals surface area (Å²) in [6.07, 6.45) is 91.8. The SMILES string of the molecule is CC/C=C\C/C=C\C/C=C\C/C=C\C/C=C\C/C=C\CCCCCCC(=O)OC(/C=C\CCCCCCCCCCC)C(COP(=O)([O-])OCC[N+](C)(C)C)NC(=O)CCCCCCCCCCCCCCCC/C=C\C/C=C\C/C=C\CCCCC. The van der Waals surface area contributed by atoms with Gasteiger partial charge in [0.05, 0.1) is 33.8 Å². The third kappa shape index (κ3) is 66.7. The first-order valence-electron chi connectivity index (χ1n) is 35.8. The summed E-state index contributed by atoms with van der Waals surface area (Å²) in [5.41, 5.74) is 0. The zero-order chi connectivity index (χ0) is 63.5. The van der Waals surface area contributed by atoms with Crippen LogP contribution in [0.25, 0.3) is 0 Å². The zero-order valence-electron chi connectivity index (χ0n) is 57.2. The fourth-order valence-electron chi connectivity index (χ4n) is 9.89. The van der Waals surface area contributed by atoms with Gasteiger partial charge in [0.1, 0.15) is 19.3 Å². The van der Waals surface area contributed by atoms with Crippen molar-refractivity contribution < 1.29 is 37.3 Å². The molecule has 0 aromatic rings. The number of nitrogens with zero attached hydrogens (tertiary/aromatic N) is 1. The number of hydrogen-bond acceptors (Lipinski definition) is 7. The van der Waals surface area contributed by atoms with Crippen LogP contribution in [-0.4, -0.2) is 69.4 Å². The summed E-state index contributed by atoms with van der Waals surface area (Å²) in [7, 11) is 1.16. The average Bonchev–Trinajstić information content (AvgIpc) is 3.70. The molecule has 0 bridgehead atoms. The van der Waals surface area contributed by atoms with Crippen molar-refractivity contribution in [1.82, 2.24) is 5.32 Å². The Labute approximate surface area is 537 Å². The number of esters is 1. The first-order valence-corrected chi connectivity index (χ1v) is 37.3. The van der Waals surface area contributed by atoms with Crippen molar-refractivity contribution in [2.24, 2.45) is 0 Å². The van der Waals surface area contributed by atoms with Gasteiger partial charge in [0.15, 0.2) is 0 Å². The molecule has 0 heterocycles. The second-order valence-electron chi connectivity index (χ2n) is 25.0. The van der Waals surface area contributed by atoms with E-state index in [-0.39, 0.29) is 24.9 Å². The van der Waals surface area contributed by atoms with Crippen LogP contribution in [-0.2, 0) is 27.9 Å². The number of carbonyl (C=O) groups is 2. The van der Waals surface area contributed by atoms with Crippen LogP contribution in [0.15, 0.2) is 122 Å². The normalized spacial score (nSPS) is 14.2. The Morgan fingerprint density at radius 2 is 0.736 bits per heavy atom. The van der Waals surface area contributed by atoms with E-state index in [2.05, 4.69) is 135 Å². The molecule has 0 fully saturated rings. The van der Waals surface area contributed by atoms with Gasteiger partial charge in [-0.05, 0) is 122 Å². The molecule has 0 aliphatic rings. The molecule has 0 radical (unpaired) electrons. The van der Waals surface area contributed by atoms with Crippen molar-refractivity contribution in [2.75, 3.05) is 40.9 Å². The second-order valence-corrected chi connectivity index (χ2v) is 26.4. The molecule has 9 nitrogen and oxygen atoms in total. The van der Waals surface area contributed by atoms with E-state index >= 15 is 0 Å². The summed E-state index contributed by atoms with van der Waals surface area (Å²) in [5.74, 6) is -0.572. The molecule has 1 amide bonds. The minimum Gasteiger partial charge on any atom is -0.756 e. The molecule has 87 heavy (non-hydrogen) atoms. The number of ether oxygens (including phenoxy) is 1. The lowest BCUT2D eigenvalue weighted by Crippen LogP contribution is -2.47. The summed E-state index contributed by atoms with van der Waals surface area (Å²) in [6, 6.07) is -0.908. The maximum atomic E-state index is 13.6. The number of amides is 1. The lowest BCUT2D eigenvalue weighted by atomic mass is 10.0. The van der Waals surface area contributed by atoms with Crippen molar-refractivity contribution in [2.45, 2.75) is 315 Å². The fourth-order valence-corrected chi connectivity index (χ4v) is 10.6. The molecule has 3 atom stereocenters. The molecule has 500 valence electrons. The number of likely N-dealkylation sites (N-methyl/N-ethyl adjacent to an activating group) is 1. The number of rotatable bonds is 64. The molecule has 0 aromatic heterocycles. The van der Waals surface area contributed by atoms with Gasteiger partial charge in [-0.15, -0.1) is 0 Å². The fraction of sp³-hybridized carbons (Fsp3) is 0.714. The van der Waals surface area contributed by atoms with Crippen LogP contribution in [0.2, 0.25) is 0 Å². The third-order valence-corrected chi connectivity index (χ3v) is 16.3. The first-order chi connectivity index (χ1) is 42.4. The number of unbranched alkanes of at least 4 members (excludes halogenated alkanes) is 30. The highest BCUT2D eigenvalue weighted by atomic mass is 31.2. The number of carbonyl (C=O) groups excluding carboxylic acids is 2. The van der Waals surface area contributed by atoms with Crippen LogP contribution in [0, 0.1) is 0 Å². The average molecular weight is 1230 g/mol. The predicted molar refractivity (Wildman–Crippen MR) is 376 cm³/mol. The van der Waals surface area contributed by atoms with Crippen molar-refractivity contribution in [3.63, 3.8) is 0 Å². The van der Waals surface area contributed by atoms with Crippen LogP contribution in [0.1, 0.15) is 303 Å². The molecule has 0 aliphatic heterocycles. The van der Waals surface area contributed by atoms with E-state index in [4.69, 9.17) is 13.8 Å². The van der Waals surface area contributed by atoms with E-state index in [1.165, 1.54) is 141 Å². The van der Waals surface area contributed by atoms with E-state index in [0.29, 0.717) is 23.9 Å². The number of phosphoric ester groups is 1. The van der Waals surface area contributed by atoms with Gasteiger partial charge in [-0.25, -0.2) is 0 Å². The quantitative estimate of drug-likeness (QED) is 0.0212. The number of allylic oxidation sites excluding steroid dienone is 19. The van der Waals surface area contributed by atoms with Gasteiger partial charge in [0, 0.05) is 12.8 Å². The molecule has 0 saturated carbocycles. The molecule has 0 aliphatic carbocycles. The van der Waals surface area contributed by atoms with Gasteiger partial charge in [-0.3, -0.25) is 14.2 Å². The standard InChI is InChI=1S/C77H135N2O7P/c1-7-10-13-16-19-22-25-27-29-31-33-35-37-38-39-40-42-43-45-47-49-51-54-57-60-63-66-69-76(80)78-74(73-85-87(82,83)84-72-71-79(4,5)6)75(68-65-62-59-56-53-24-21-18-15-12-9-3)86-77(81)70-67-64-61-58-55-52-50-48-46-44-41-36-34-32-30-28-26-23-20-17-14-11-8-2/h11,14,19-20,22-23,27-30,33-36,44,46,50,52,65,68,74-75H,7-10,12-13,15-18,21,24-26,31-32,37-43,45,47-49,51,53-64,66-67,69-73H2,1-6H3,(H-,78,80,82,83)/b14-11-,22-19-,23-20-,29-27-,30-28-,35-33-,36-34-,46-44-,52-50-,68-65-. The monoisotopic (exact) mass is 1230 g/mol. The summed E-state index contributed by atoms with van der Waals surface area (Å²) in [4.78, 5) is 40.2. The summed E-state index contributed by atoms with van der Waals surface area (Å²) in [6.45, 7) is 6.69. The Morgan fingerprint density at radius 3 is 1.13 bits per heavy atom. The Hall–Kier alpha value is -3.59. The third-order valence-electron chi connectivity index (χ3n) is 15.4. The molecule has 0 rings (SSSR count). The first kappa shape index (κ1) is 83.4. The van der Waals surface area contributed by atoms with Crippen molar-refractivity contribution in [1.29, 1.82) is 0 Å². The largest absolute Gasteiger partial charge is 0.756 e. The molecule has 10 heteroatoms. The minimum atomic E-state index is -4.72. The smallest absolute Gasteiger partial charge is 0.306 e. The van der Waals surface area contributed by atoms with E-state index in [0.717, 1.165) is 122 Å². The van der Waals surface area contributed by atoms with E-state index in [1.54, 1.807) is 0 Å². The minimum absolute atomic E-state index is 0.0322. The highest BCUT2D eigenvalue weighted by molar-refractivity contribution is 7.45. The number of hydrogen-bond donors (Lipinski definition) is 1. The van der Waals surface area contributed by atoms with Crippen LogP contribution in [0.4, 0.5) is 0 Å². The van der Waals surface area contributed by atoms with E-state index in [1.807, 2.05) is 33.3 Å². The summed E-state index contributed by atoms with van der Waals surface area (Å²) in [5, 5.41) is 3.03. The molecule has 3 unspecified atom stereocenters. The zero-order valence-corrected chi connectivity index (χ0v) is 58.1. The van der Waals surface area contributed by atoms with Gasteiger partial charge in [0.25, 0.3) is 7.82 Å². The number of phosphoric acid groups is 1. The van der Waals surface area contributed by atoms with Gasteiger partial charge in [-0.1, -0.05) is 290 Å². The van der Waals surface area contributed by atoms with E-state index in [9.17, 15) is 19.0 Å². The maximum absolute atomic E-state index is 13.6. The van der Waals surface area contributed by atoms with Crippen LogP contribution >= 0.6 is 7.82 Å². The van der Waals surface area contributed by atoms with Gasteiger partial charge < -0.3 is 28.5 Å². The molecule has 0 saturated heterocycles. The van der Waals surface area contributed by atoms with Crippen molar-refractivity contribution in [3.8, 4) is 0 Å². The molecule has 0 spiro atoms. The van der Waals surface area contributed by atoms with Crippen LogP contribution in [0.3, 0.4) is 0 Å². The van der Waals surface area contributed by atoms with Gasteiger partial charge in [-0.2, -0.15) is 0 Å². The Balaban J connectivity index is 5.06. The molecular weight excluding hydrogens is 1100 g/mol. The molecule has 1 N–H and O–H groups in total.